The first-order valence-electron chi connectivity index (χ1n) is 7.48. The maximum atomic E-state index is 12.4. The van der Waals surface area contributed by atoms with Crippen LogP contribution in [0.2, 0.25) is 0 Å². The van der Waals surface area contributed by atoms with Crippen molar-refractivity contribution >= 4 is 21.6 Å². The SMILES string of the molecule is CCS(=O)(=O)c1cccc(C(=O)Nc2ncnc3c2CCC3)c1. The van der Waals surface area contributed by atoms with Crippen molar-refractivity contribution in [2.45, 2.75) is 31.1 Å². The number of anilines is 1. The molecule has 0 saturated heterocycles. The fourth-order valence-corrected chi connectivity index (χ4v) is 3.57. The molecule has 0 aliphatic heterocycles. The van der Waals surface area contributed by atoms with Gasteiger partial charge in [0.05, 0.1) is 10.6 Å². The number of sulfone groups is 1. The van der Waals surface area contributed by atoms with Gasteiger partial charge in [-0.25, -0.2) is 18.4 Å². The molecule has 0 unspecified atom stereocenters. The number of nitrogens with one attached hydrogen (secondary N) is 1. The van der Waals surface area contributed by atoms with E-state index in [-0.39, 0.29) is 16.6 Å². The van der Waals surface area contributed by atoms with Crippen LogP contribution in [0.1, 0.15) is 35.0 Å². The van der Waals surface area contributed by atoms with E-state index in [0.29, 0.717) is 11.4 Å². The number of nitrogens with zero attached hydrogens (tertiary/aromatic N) is 2. The number of amides is 1. The Morgan fingerprint density at radius 3 is 2.87 bits per heavy atom. The highest BCUT2D eigenvalue weighted by Crippen LogP contribution is 2.25. The summed E-state index contributed by atoms with van der Waals surface area (Å²) in [5.41, 5.74) is 2.24. The van der Waals surface area contributed by atoms with Crippen LogP contribution in [-0.2, 0) is 22.7 Å². The summed E-state index contributed by atoms with van der Waals surface area (Å²) >= 11 is 0. The molecular weight excluding hydrogens is 314 g/mol. The molecule has 0 saturated carbocycles. The molecule has 1 heterocycles. The van der Waals surface area contributed by atoms with Crippen LogP contribution in [0, 0.1) is 0 Å². The van der Waals surface area contributed by atoms with Gasteiger partial charge in [-0.15, -0.1) is 0 Å². The second-order valence-corrected chi connectivity index (χ2v) is 7.66. The number of aromatic nitrogens is 2. The first-order chi connectivity index (χ1) is 11.0. The maximum Gasteiger partial charge on any atom is 0.256 e. The summed E-state index contributed by atoms with van der Waals surface area (Å²) in [6.45, 7) is 1.58. The topological polar surface area (TPSA) is 89.0 Å². The smallest absolute Gasteiger partial charge is 0.256 e. The molecular formula is C16H17N3O3S. The second kappa shape index (κ2) is 6.08. The molecule has 2 aromatic rings. The van der Waals surface area contributed by atoms with E-state index < -0.39 is 9.84 Å². The van der Waals surface area contributed by atoms with E-state index in [2.05, 4.69) is 15.3 Å². The molecule has 1 aliphatic rings. The molecule has 1 amide bonds. The molecule has 1 N–H and O–H groups in total. The quantitative estimate of drug-likeness (QED) is 0.926. The van der Waals surface area contributed by atoms with Crippen LogP contribution in [0.25, 0.3) is 0 Å². The molecule has 3 rings (SSSR count). The maximum absolute atomic E-state index is 12.4. The molecule has 0 spiro atoms. The third-order valence-corrected chi connectivity index (χ3v) is 5.67. The fraction of sp³-hybridized carbons (Fsp3) is 0.312. The Balaban J connectivity index is 1.88. The number of aryl methyl sites for hydroxylation is 1. The van der Waals surface area contributed by atoms with Gasteiger partial charge in [-0.3, -0.25) is 4.79 Å². The minimum absolute atomic E-state index is 0.00249. The van der Waals surface area contributed by atoms with Crippen molar-refractivity contribution in [2.75, 3.05) is 11.1 Å². The zero-order chi connectivity index (χ0) is 16.4. The summed E-state index contributed by atoms with van der Waals surface area (Å²) in [5.74, 6) is 0.143. The van der Waals surface area contributed by atoms with E-state index in [1.165, 1.54) is 18.5 Å². The normalized spacial score (nSPS) is 13.6. The zero-order valence-electron chi connectivity index (χ0n) is 12.7. The fourth-order valence-electron chi connectivity index (χ4n) is 2.64. The highest BCUT2D eigenvalue weighted by atomic mass is 32.2. The van der Waals surface area contributed by atoms with Crippen LogP contribution in [0.4, 0.5) is 5.82 Å². The van der Waals surface area contributed by atoms with E-state index in [4.69, 9.17) is 0 Å². The van der Waals surface area contributed by atoms with Crippen molar-refractivity contribution in [3.05, 3.63) is 47.4 Å². The Morgan fingerprint density at radius 1 is 1.26 bits per heavy atom. The van der Waals surface area contributed by atoms with Gasteiger partial charge in [-0.2, -0.15) is 0 Å². The molecule has 120 valence electrons. The summed E-state index contributed by atoms with van der Waals surface area (Å²) < 4.78 is 23.9. The van der Waals surface area contributed by atoms with E-state index in [0.717, 1.165) is 30.5 Å². The van der Waals surface area contributed by atoms with E-state index in [1.807, 2.05) is 0 Å². The first kappa shape index (κ1) is 15.6. The number of hydrogen-bond acceptors (Lipinski definition) is 5. The first-order valence-corrected chi connectivity index (χ1v) is 9.13. The van der Waals surface area contributed by atoms with Gasteiger partial charge < -0.3 is 5.32 Å². The molecule has 23 heavy (non-hydrogen) atoms. The van der Waals surface area contributed by atoms with Crippen molar-refractivity contribution in [3.63, 3.8) is 0 Å². The second-order valence-electron chi connectivity index (χ2n) is 5.39. The lowest BCUT2D eigenvalue weighted by Crippen LogP contribution is -2.15. The number of carbonyl (C=O) groups is 1. The van der Waals surface area contributed by atoms with Crippen molar-refractivity contribution in [1.29, 1.82) is 0 Å². The molecule has 0 radical (unpaired) electrons. The van der Waals surface area contributed by atoms with Gasteiger partial charge in [0.25, 0.3) is 5.91 Å². The average molecular weight is 331 g/mol. The van der Waals surface area contributed by atoms with Crippen molar-refractivity contribution in [1.82, 2.24) is 9.97 Å². The average Bonchev–Trinajstić information content (AvgIpc) is 3.04. The third-order valence-electron chi connectivity index (χ3n) is 3.94. The van der Waals surface area contributed by atoms with Crippen molar-refractivity contribution in [2.24, 2.45) is 0 Å². The third kappa shape index (κ3) is 3.10. The van der Waals surface area contributed by atoms with Crippen molar-refractivity contribution < 1.29 is 13.2 Å². The Hall–Kier alpha value is -2.28. The Morgan fingerprint density at radius 2 is 2.09 bits per heavy atom. The summed E-state index contributed by atoms with van der Waals surface area (Å²) in [7, 11) is -3.34. The standard InChI is InChI=1S/C16H17N3O3S/c1-2-23(21,22)12-6-3-5-11(9-12)16(20)19-15-13-7-4-8-14(13)17-10-18-15/h3,5-6,9-10H,2,4,7-8H2,1H3,(H,17,18,19,20). The molecule has 0 fully saturated rings. The highest BCUT2D eigenvalue weighted by molar-refractivity contribution is 7.91. The van der Waals surface area contributed by atoms with Gasteiger partial charge >= 0.3 is 0 Å². The van der Waals surface area contributed by atoms with Gasteiger partial charge in [0, 0.05) is 16.8 Å². The largest absolute Gasteiger partial charge is 0.306 e. The summed E-state index contributed by atoms with van der Waals surface area (Å²) in [6.07, 6.45) is 4.18. The monoisotopic (exact) mass is 331 g/mol. The minimum Gasteiger partial charge on any atom is -0.306 e. The lowest BCUT2D eigenvalue weighted by molar-refractivity contribution is 0.102. The number of carbonyl (C=O) groups excluding carboxylic acids is 1. The summed E-state index contributed by atoms with van der Waals surface area (Å²) in [5, 5.41) is 2.77. The molecule has 6 nitrogen and oxygen atoms in total. The predicted molar refractivity (Wildman–Crippen MR) is 86.2 cm³/mol. The summed E-state index contributed by atoms with van der Waals surface area (Å²) in [4.78, 5) is 20.9. The highest BCUT2D eigenvalue weighted by Gasteiger charge is 2.20. The Bertz CT molecular complexity index is 863. The van der Waals surface area contributed by atoms with Gasteiger partial charge in [0.15, 0.2) is 9.84 Å². The predicted octanol–water partition coefficient (Wildman–Crippen LogP) is 2.01. The van der Waals surface area contributed by atoms with Crippen molar-refractivity contribution in [3.8, 4) is 0 Å². The van der Waals surface area contributed by atoms with Gasteiger partial charge in [0.2, 0.25) is 0 Å². The van der Waals surface area contributed by atoms with Gasteiger partial charge in [-0.1, -0.05) is 13.0 Å². The number of fused-ring (bicyclic) bond motifs is 1. The molecule has 1 aromatic heterocycles. The summed E-state index contributed by atoms with van der Waals surface area (Å²) in [6, 6.07) is 6.06. The minimum atomic E-state index is -3.34. The number of rotatable bonds is 4. The van der Waals surface area contributed by atoms with Crippen LogP contribution in [0.5, 0.6) is 0 Å². The molecule has 0 bridgehead atoms. The van der Waals surface area contributed by atoms with Gasteiger partial charge in [-0.05, 0) is 37.5 Å². The molecule has 1 aliphatic carbocycles. The van der Waals surface area contributed by atoms with Crippen LogP contribution in [0.15, 0.2) is 35.5 Å². The molecule has 0 atom stereocenters. The number of benzene rings is 1. The van der Waals surface area contributed by atoms with E-state index in [9.17, 15) is 13.2 Å². The lowest BCUT2D eigenvalue weighted by Gasteiger charge is -2.09. The Labute approximate surface area is 134 Å². The van der Waals surface area contributed by atoms with Crippen LogP contribution in [0.3, 0.4) is 0 Å². The van der Waals surface area contributed by atoms with Crippen LogP contribution in [-0.4, -0.2) is 30.0 Å². The zero-order valence-corrected chi connectivity index (χ0v) is 13.6. The molecule has 7 heteroatoms. The van der Waals surface area contributed by atoms with Crippen LogP contribution >= 0.6 is 0 Å². The van der Waals surface area contributed by atoms with E-state index >= 15 is 0 Å². The van der Waals surface area contributed by atoms with Crippen LogP contribution < -0.4 is 5.32 Å². The Kier molecular flexibility index (Phi) is 4.12. The van der Waals surface area contributed by atoms with Gasteiger partial charge in [0.1, 0.15) is 12.1 Å². The lowest BCUT2D eigenvalue weighted by atomic mass is 10.2. The van der Waals surface area contributed by atoms with E-state index in [1.54, 1.807) is 19.1 Å². The molecule has 1 aromatic carbocycles. The number of hydrogen-bond donors (Lipinski definition) is 1.